The molecule has 0 atom stereocenters. The number of nitrogens with one attached hydrogen (secondary N) is 1. The van der Waals surface area contributed by atoms with Crippen LogP contribution in [0, 0.1) is 11.6 Å². The Bertz CT molecular complexity index is 743. The number of hydrogen-bond donors (Lipinski definition) is 1. The van der Waals surface area contributed by atoms with Gasteiger partial charge < -0.3 is 10.2 Å². The standard InChI is InChI=1S/C16H21F2N3O3S/c17-12-5-6-14(18)15(11-12)25(23,24)21-9-7-20(8-10-21)16(22)19-13-3-1-2-4-13/h5-6,11,13H,1-4,7-10H2,(H,19,22). The summed E-state index contributed by atoms with van der Waals surface area (Å²) < 4.78 is 53.2. The van der Waals surface area contributed by atoms with Gasteiger partial charge in [0.1, 0.15) is 16.5 Å². The van der Waals surface area contributed by atoms with Crippen molar-refractivity contribution in [3.8, 4) is 0 Å². The summed E-state index contributed by atoms with van der Waals surface area (Å²) in [5, 5.41) is 2.96. The molecule has 0 bridgehead atoms. The first-order valence-corrected chi connectivity index (χ1v) is 9.82. The first kappa shape index (κ1) is 18.1. The van der Waals surface area contributed by atoms with Gasteiger partial charge in [0.2, 0.25) is 10.0 Å². The van der Waals surface area contributed by atoms with Crippen LogP contribution >= 0.6 is 0 Å². The van der Waals surface area contributed by atoms with Crippen LogP contribution in [0.2, 0.25) is 0 Å². The number of sulfonamides is 1. The lowest BCUT2D eigenvalue weighted by atomic mass is 10.2. The van der Waals surface area contributed by atoms with E-state index in [1.54, 1.807) is 4.90 Å². The number of carbonyl (C=O) groups is 1. The van der Waals surface area contributed by atoms with Crippen LogP contribution in [0.5, 0.6) is 0 Å². The molecule has 1 aliphatic carbocycles. The summed E-state index contributed by atoms with van der Waals surface area (Å²) in [5.41, 5.74) is 0. The molecule has 0 spiro atoms. The maximum atomic E-state index is 13.8. The Labute approximate surface area is 145 Å². The highest BCUT2D eigenvalue weighted by Crippen LogP contribution is 2.22. The third-order valence-corrected chi connectivity index (χ3v) is 6.63. The number of rotatable bonds is 3. The second kappa shape index (κ2) is 7.25. The Balaban J connectivity index is 1.63. The lowest BCUT2D eigenvalue weighted by molar-refractivity contribution is 0.169. The Morgan fingerprint density at radius 1 is 1.08 bits per heavy atom. The van der Waals surface area contributed by atoms with Crippen molar-refractivity contribution in [1.29, 1.82) is 0 Å². The molecule has 1 aliphatic heterocycles. The molecule has 138 valence electrons. The average Bonchev–Trinajstić information content (AvgIpc) is 3.10. The first-order chi connectivity index (χ1) is 11.9. The largest absolute Gasteiger partial charge is 0.335 e. The van der Waals surface area contributed by atoms with E-state index in [1.807, 2.05) is 0 Å². The van der Waals surface area contributed by atoms with E-state index in [1.165, 1.54) is 0 Å². The molecule has 1 aromatic rings. The number of benzene rings is 1. The Morgan fingerprint density at radius 2 is 1.72 bits per heavy atom. The number of urea groups is 1. The monoisotopic (exact) mass is 373 g/mol. The molecule has 6 nitrogen and oxygen atoms in total. The maximum absolute atomic E-state index is 13.8. The van der Waals surface area contributed by atoms with E-state index in [2.05, 4.69) is 5.32 Å². The zero-order chi connectivity index (χ0) is 18.0. The summed E-state index contributed by atoms with van der Waals surface area (Å²) in [5.74, 6) is -1.79. The van der Waals surface area contributed by atoms with Gasteiger partial charge in [0.15, 0.2) is 0 Å². The van der Waals surface area contributed by atoms with Gasteiger partial charge in [-0.2, -0.15) is 4.31 Å². The van der Waals surface area contributed by atoms with E-state index in [0.29, 0.717) is 6.07 Å². The molecule has 2 amide bonds. The lowest BCUT2D eigenvalue weighted by Crippen LogP contribution is -2.54. The van der Waals surface area contributed by atoms with Crippen molar-refractivity contribution >= 4 is 16.1 Å². The van der Waals surface area contributed by atoms with E-state index in [9.17, 15) is 22.0 Å². The summed E-state index contributed by atoms with van der Waals surface area (Å²) in [6.45, 7) is 0.538. The van der Waals surface area contributed by atoms with Crippen LogP contribution in [-0.2, 0) is 10.0 Å². The predicted octanol–water partition coefficient (Wildman–Crippen LogP) is 1.92. The SMILES string of the molecule is O=C(NC1CCCC1)N1CCN(S(=O)(=O)c2cc(F)ccc2F)CC1. The second-order valence-corrected chi connectivity index (χ2v) is 8.30. The van der Waals surface area contributed by atoms with Crippen molar-refractivity contribution in [3.63, 3.8) is 0 Å². The zero-order valence-electron chi connectivity index (χ0n) is 13.7. The normalized spacial score (nSPS) is 20.0. The molecule has 0 unspecified atom stereocenters. The number of halogens is 2. The molecule has 1 heterocycles. The topological polar surface area (TPSA) is 69.7 Å². The summed E-state index contributed by atoms with van der Waals surface area (Å²) in [7, 11) is -4.13. The summed E-state index contributed by atoms with van der Waals surface area (Å²) in [4.78, 5) is 13.1. The molecule has 1 saturated carbocycles. The fraction of sp³-hybridized carbons (Fsp3) is 0.562. The number of amides is 2. The summed E-state index contributed by atoms with van der Waals surface area (Å²) >= 11 is 0. The molecule has 1 aromatic carbocycles. The van der Waals surface area contributed by atoms with Crippen molar-refractivity contribution in [1.82, 2.24) is 14.5 Å². The van der Waals surface area contributed by atoms with Crippen LogP contribution in [0.4, 0.5) is 13.6 Å². The smallest absolute Gasteiger partial charge is 0.317 e. The Hall–Kier alpha value is -1.74. The molecule has 3 rings (SSSR count). The van der Waals surface area contributed by atoms with Crippen LogP contribution in [-0.4, -0.2) is 55.9 Å². The van der Waals surface area contributed by atoms with Gasteiger partial charge >= 0.3 is 6.03 Å². The molecular weight excluding hydrogens is 352 g/mol. The molecular formula is C16H21F2N3O3S. The van der Waals surface area contributed by atoms with E-state index in [0.717, 1.165) is 42.1 Å². The van der Waals surface area contributed by atoms with Crippen LogP contribution < -0.4 is 5.32 Å². The van der Waals surface area contributed by atoms with Gasteiger partial charge in [0.05, 0.1) is 0 Å². The molecule has 9 heteroatoms. The predicted molar refractivity (Wildman–Crippen MR) is 87.5 cm³/mol. The van der Waals surface area contributed by atoms with E-state index in [4.69, 9.17) is 0 Å². The minimum absolute atomic E-state index is 0.0520. The van der Waals surface area contributed by atoms with Gasteiger partial charge in [0, 0.05) is 32.2 Å². The average molecular weight is 373 g/mol. The minimum atomic E-state index is -4.13. The maximum Gasteiger partial charge on any atom is 0.317 e. The highest BCUT2D eigenvalue weighted by Gasteiger charge is 2.32. The van der Waals surface area contributed by atoms with Crippen molar-refractivity contribution in [2.75, 3.05) is 26.2 Å². The van der Waals surface area contributed by atoms with Gasteiger partial charge in [-0.3, -0.25) is 0 Å². The number of nitrogens with zero attached hydrogens (tertiary/aromatic N) is 2. The highest BCUT2D eigenvalue weighted by atomic mass is 32.2. The van der Waals surface area contributed by atoms with Crippen molar-refractivity contribution in [2.45, 2.75) is 36.6 Å². The van der Waals surface area contributed by atoms with Gasteiger partial charge in [-0.1, -0.05) is 12.8 Å². The molecule has 1 N–H and O–H groups in total. The van der Waals surface area contributed by atoms with E-state index >= 15 is 0 Å². The van der Waals surface area contributed by atoms with Crippen LogP contribution in [0.25, 0.3) is 0 Å². The van der Waals surface area contributed by atoms with Gasteiger partial charge in [0.25, 0.3) is 0 Å². The van der Waals surface area contributed by atoms with Crippen LogP contribution in [0.15, 0.2) is 23.1 Å². The van der Waals surface area contributed by atoms with E-state index < -0.39 is 26.6 Å². The molecule has 2 fully saturated rings. The van der Waals surface area contributed by atoms with Crippen LogP contribution in [0.1, 0.15) is 25.7 Å². The fourth-order valence-electron chi connectivity index (χ4n) is 3.28. The highest BCUT2D eigenvalue weighted by molar-refractivity contribution is 7.89. The third-order valence-electron chi connectivity index (χ3n) is 4.72. The minimum Gasteiger partial charge on any atom is -0.335 e. The van der Waals surface area contributed by atoms with Crippen molar-refractivity contribution in [2.24, 2.45) is 0 Å². The Kier molecular flexibility index (Phi) is 5.24. The van der Waals surface area contributed by atoms with Crippen molar-refractivity contribution in [3.05, 3.63) is 29.8 Å². The van der Waals surface area contributed by atoms with Crippen LogP contribution in [0.3, 0.4) is 0 Å². The summed E-state index contributed by atoms with van der Waals surface area (Å²) in [6.07, 6.45) is 4.16. The molecule has 0 aromatic heterocycles. The summed E-state index contributed by atoms with van der Waals surface area (Å²) in [6, 6.07) is 2.35. The van der Waals surface area contributed by atoms with E-state index in [-0.39, 0.29) is 38.3 Å². The zero-order valence-corrected chi connectivity index (χ0v) is 14.6. The molecule has 2 aliphatic rings. The third kappa shape index (κ3) is 3.92. The molecule has 0 radical (unpaired) electrons. The lowest BCUT2D eigenvalue weighted by Gasteiger charge is -2.34. The van der Waals surface area contributed by atoms with Gasteiger partial charge in [-0.05, 0) is 31.0 Å². The molecule has 25 heavy (non-hydrogen) atoms. The quantitative estimate of drug-likeness (QED) is 0.880. The number of carbonyl (C=O) groups excluding carboxylic acids is 1. The van der Waals surface area contributed by atoms with Gasteiger partial charge in [-0.15, -0.1) is 0 Å². The second-order valence-electron chi connectivity index (χ2n) is 6.40. The van der Waals surface area contributed by atoms with Gasteiger partial charge in [-0.25, -0.2) is 22.0 Å². The number of hydrogen-bond acceptors (Lipinski definition) is 3. The first-order valence-electron chi connectivity index (χ1n) is 8.38. The Morgan fingerprint density at radius 3 is 2.36 bits per heavy atom. The molecule has 1 saturated heterocycles. The fourth-order valence-corrected chi connectivity index (χ4v) is 4.78. The number of piperazine rings is 1. The van der Waals surface area contributed by atoms with Crippen molar-refractivity contribution < 1.29 is 22.0 Å².